The number of rotatable bonds is 10. The van der Waals surface area contributed by atoms with Crippen molar-refractivity contribution in [3.05, 3.63) is 30.2 Å². The number of carboxylic acid groups (broad SMARTS) is 1. The number of hydrogen-bond acceptors (Lipinski definition) is 6. The number of ether oxygens (including phenoxy) is 1. The summed E-state index contributed by atoms with van der Waals surface area (Å²) in [5.41, 5.74) is 2.47. The van der Waals surface area contributed by atoms with Crippen LogP contribution in [0.4, 0.5) is 4.79 Å². The van der Waals surface area contributed by atoms with Gasteiger partial charge < -0.3 is 28.8 Å². The topological polar surface area (TPSA) is 115 Å². The predicted molar refractivity (Wildman–Crippen MR) is 158 cm³/mol. The van der Waals surface area contributed by atoms with Gasteiger partial charge in [0.1, 0.15) is 23.0 Å². The van der Waals surface area contributed by atoms with Crippen LogP contribution >= 0.6 is 0 Å². The number of imidazole rings is 1. The Labute approximate surface area is 238 Å². The molecule has 0 aliphatic carbocycles. The Hall–Kier alpha value is -2.89. The van der Waals surface area contributed by atoms with Crippen LogP contribution in [0, 0.1) is 0 Å². The Balaban J connectivity index is 1.69. The molecule has 0 spiro atoms. The van der Waals surface area contributed by atoms with E-state index in [1.165, 1.54) is 4.90 Å². The van der Waals surface area contributed by atoms with Crippen molar-refractivity contribution in [2.24, 2.45) is 7.05 Å². The van der Waals surface area contributed by atoms with Crippen molar-refractivity contribution >= 4 is 25.3 Å². The molecule has 1 fully saturated rings. The van der Waals surface area contributed by atoms with Crippen molar-refractivity contribution in [2.45, 2.75) is 90.3 Å². The molecule has 11 heteroatoms. The van der Waals surface area contributed by atoms with Crippen LogP contribution in [0.25, 0.3) is 22.3 Å². The predicted octanol–water partition coefficient (Wildman–Crippen LogP) is 5.81. The Kier molecular flexibility index (Phi) is 8.96. The van der Waals surface area contributed by atoms with E-state index in [2.05, 4.69) is 46.0 Å². The number of aromatic nitrogens is 4. The Morgan fingerprint density at radius 2 is 2.02 bits per heavy atom. The monoisotopic (exact) mass is 571 g/mol. The fraction of sp³-hybridized carbons (Fsp3) is 0.621. The van der Waals surface area contributed by atoms with Crippen LogP contribution in [0.15, 0.2) is 24.4 Å². The minimum Gasteiger partial charge on any atom is -0.543 e. The van der Waals surface area contributed by atoms with Gasteiger partial charge in [-0.05, 0) is 68.9 Å². The molecule has 2 N–H and O–H groups in total. The lowest BCUT2D eigenvalue weighted by Crippen LogP contribution is -2.43. The second-order valence-electron chi connectivity index (χ2n) is 12.5. The van der Waals surface area contributed by atoms with E-state index >= 15 is 0 Å². The first kappa shape index (κ1) is 30.1. The van der Waals surface area contributed by atoms with Crippen LogP contribution < -0.4 is 4.43 Å². The standard InChI is InChI=1S/C29H45N5O5Si/c1-20(35)13-15-33(28(36)37)16-14-25-30-23(19-32(25)5)27-22-18-21(39-40(6,7)29(2,3)4)11-12-24(22)34(31-27)26-10-8-9-17-38-26/h11-12,18-20,26,35H,8-10,13-17H2,1-7H3,(H,36,37)/t20-,26?/m0/s1. The first-order valence-electron chi connectivity index (χ1n) is 14.3. The highest BCUT2D eigenvalue weighted by Gasteiger charge is 2.39. The van der Waals surface area contributed by atoms with E-state index in [1.54, 1.807) is 6.92 Å². The summed E-state index contributed by atoms with van der Waals surface area (Å²) in [5, 5.41) is 25.2. The highest BCUT2D eigenvalue weighted by atomic mass is 28.4. The van der Waals surface area contributed by atoms with Crippen LogP contribution in [-0.2, 0) is 18.2 Å². The number of amides is 1. The second kappa shape index (κ2) is 11.9. The zero-order chi connectivity index (χ0) is 29.2. The van der Waals surface area contributed by atoms with Crippen LogP contribution in [0.1, 0.15) is 65.4 Å². The number of carbonyl (C=O) groups is 1. The normalized spacial score (nSPS) is 17.2. The first-order chi connectivity index (χ1) is 18.8. The summed E-state index contributed by atoms with van der Waals surface area (Å²) >= 11 is 0. The largest absolute Gasteiger partial charge is 0.543 e. The summed E-state index contributed by atoms with van der Waals surface area (Å²) in [7, 11) is -0.126. The maximum absolute atomic E-state index is 11.7. The third-order valence-electron chi connectivity index (χ3n) is 8.19. The molecule has 3 heterocycles. The van der Waals surface area contributed by atoms with E-state index in [0.717, 1.165) is 59.7 Å². The van der Waals surface area contributed by atoms with Gasteiger partial charge in [-0.25, -0.2) is 14.5 Å². The third kappa shape index (κ3) is 6.69. The lowest BCUT2D eigenvalue weighted by atomic mass is 10.1. The van der Waals surface area contributed by atoms with Gasteiger partial charge in [-0.15, -0.1) is 0 Å². The van der Waals surface area contributed by atoms with E-state index in [1.807, 2.05) is 28.6 Å². The molecule has 1 amide bonds. The van der Waals surface area contributed by atoms with Crippen molar-refractivity contribution in [1.82, 2.24) is 24.2 Å². The first-order valence-corrected chi connectivity index (χ1v) is 17.2. The fourth-order valence-corrected chi connectivity index (χ4v) is 5.71. The van der Waals surface area contributed by atoms with Crippen LogP contribution in [0.2, 0.25) is 18.1 Å². The lowest BCUT2D eigenvalue weighted by molar-refractivity contribution is -0.0365. The van der Waals surface area contributed by atoms with Crippen molar-refractivity contribution in [3.8, 4) is 17.1 Å². The molecule has 2 aromatic heterocycles. The maximum atomic E-state index is 11.7. The SMILES string of the molecule is C[C@H](O)CCN(CCc1nc(-c2nn(C3CCCCO3)c3ccc(O[Si](C)(C)C(C)(C)C)cc23)cn1C)C(=O)O. The van der Waals surface area contributed by atoms with E-state index in [9.17, 15) is 15.0 Å². The van der Waals surface area contributed by atoms with Crippen molar-refractivity contribution < 1.29 is 24.2 Å². The van der Waals surface area contributed by atoms with Gasteiger partial charge in [0, 0.05) is 44.7 Å². The quantitative estimate of drug-likeness (QED) is 0.295. The molecule has 2 atom stereocenters. The average Bonchev–Trinajstić information content (AvgIpc) is 3.43. The van der Waals surface area contributed by atoms with E-state index in [-0.39, 0.29) is 17.8 Å². The molecule has 40 heavy (non-hydrogen) atoms. The molecule has 0 bridgehead atoms. The van der Waals surface area contributed by atoms with E-state index in [4.69, 9.17) is 19.2 Å². The van der Waals surface area contributed by atoms with Gasteiger partial charge in [-0.1, -0.05) is 20.8 Å². The van der Waals surface area contributed by atoms with Gasteiger partial charge in [0.05, 0.1) is 11.6 Å². The summed E-state index contributed by atoms with van der Waals surface area (Å²) < 4.78 is 16.7. The van der Waals surface area contributed by atoms with Crippen LogP contribution in [0.3, 0.4) is 0 Å². The minimum atomic E-state index is -2.04. The van der Waals surface area contributed by atoms with Crippen molar-refractivity contribution in [2.75, 3.05) is 19.7 Å². The summed E-state index contributed by atoms with van der Waals surface area (Å²) in [6.07, 6.45) is 4.17. The van der Waals surface area contributed by atoms with E-state index < -0.39 is 20.5 Å². The number of nitrogens with zero attached hydrogens (tertiary/aromatic N) is 5. The number of aliphatic hydroxyl groups excluding tert-OH is 1. The van der Waals surface area contributed by atoms with Crippen LogP contribution in [0.5, 0.6) is 5.75 Å². The average molecular weight is 572 g/mol. The zero-order valence-corrected chi connectivity index (χ0v) is 26.0. The maximum Gasteiger partial charge on any atom is 0.407 e. The van der Waals surface area contributed by atoms with Gasteiger partial charge in [0.25, 0.3) is 0 Å². The molecule has 1 aliphatic heterocycles. The van der Waals surface area contributed by atoms with Crippen LogP contribution in [-0.4, -0.2) is 74.7 Å². The number of aryl methyl sites for hydroxylation is 1. The summed E-state index contributed by atoms with van der Waals surface area (Å²) in [5.74, 6) is 1.60. The highest BCUT2D eigenvalue weighted by molar-refractivity contribution is 6.74. The molecule has 0 saturated carbocycles. The van der Waals surface area contributed by atoms with Gasteiger partial charge >= 0.3 is 6.09 Å². The Bertz CT molecular complexity index is 1320. The van der Waals surface area contributed by atoms with E-state index in [0.29, 0.717) is 19.4 Å². The number of aliphatic hydroxyl groups is 1. The molecule has 1 saturated heterocycles. The van der Waals surface area contributed by atoms with Gasteiger partial charge in [0.2, 0.25) is 8.32 Å². The number of benzene rings is 1. The Morgan fingerprint density at radius 3 is 2.65 bits per heavy atom. The molecular formula is C29H45N5O5Si. The molecule has 1 aromatic carbocycles. The molecule has 1 unspecified atom stereocenters. The van der Waals surface area contributed by atoms with Crippen molar-refractivity contribution in [3.63, 3.8) is 0 Å². The zero-order valence-electron chi connectivity index (χ0n) is 25.0. The molecule has 3 aromatic rings. The van der Waals surface area contributed by atoms with Crippen molar-refractivity contribution in [1.29, 1.82) is 0 Å². The molecule has 1 aliphatic rings. The highest BCUT2D eigenvalue weighted by Crippen LogP contribution is 2.39. The van der Waals surface area contributed by atoms with Gasteiger partial charge in [0.15, 0.2) is 6.23 Å². The molecule has 10 nitrogen and oxygen atoms in total. The minimum absolute atomic E-state index is 0.0693. The molecule has 0 radical (unpaired) electrons. The lowest BCUT2D eigenvalue weighted by Gasteiger charge is -2.36. The second-order valence-corrected chi connectivity index (χ2v) is 17.2. The smallest absolute Gasteiger partial charge is 0.407 e. The molecular weight excluding hydrogens is 526 g/mol. The molecule has 220 valence electrons. The molecule has 4 rings (SSSR count). The third-order valence-corrected chi connectivity index (χ3v) is 12.6. The summed E-state index contributed by atoms with van der Waals surface area (Å²) in [6.45, 7) is 14.1. The Morgan fingerprint density at radius 1 is 1.27 bits per heavy atom. The number of hydrogen-bond donors (Lipinski definition) is 2. The summed E-state index contributed by atoms with van der Waals surface area (Å²) in [6, 6.07) is 6.18. The van der Waals surface area contributed by atoms with Gasteiger partial charge in [-0.2, -0.15) is 5.10 Å². The van der Waals surface area contributed by atoms with Gasteiger partial charge in [-0.3, -0.25) is 0 Å². The summed E-state index contributed by atoms with van der Waals surface area (Å²) in [4.78, 5) is 18.0. The fourth-order valence-electron chi connectivity index (χ4n) is 4.69. The number of fused-ring (bicyclic) bond motifs is 1.